The van der Waals surface area contributed by atoms with Gasteiger partial charge in [-0.25, -0.2) is 4.39 Å². The summed E-state index contributed by atoms with van der Waals surface area (Å²) in [4.78, 5) is 23.5. The van der Waals surface area contributed by atoms with Gasteiger partial charge in [-0.3, -0.25) is 19.7 Å². The van der Waals surface area contributed by atoms with E-state index in [-0.39, 0.29) is 17.6 Å². The molecule has 178 valence electrons. The minimum atomic E-state index is -4.37. The minimum Gasteiger partial charge on any atom is -0.343 e. The van der Waals surface area contributed by atoms with E-state index in [9.17, 15) is 22.4 Å². The first-order valence-electron chi connectivity index (χ1n) is 11.0. The summed E-state index contributed by atoms with van der Waals surface area (Å²) < 4.78 is 52.3. The quantitative estimate of drug-likeness (QED) is 0.526. The molecule has 0 bridgehead atoms. The van der Waals surface area contributed by atoms with Crippen LogP contribution in [0.5, 0.6) is 0 Å². The Hall–Kier alpha value is -3.33. The molecule has 1 amide bonds. The zero-order chi connectivity index (χ0) is 24.1. The van der Waals surface area contributed by atoms with Crippen LogP contribution in [0, 0.1) is 11.7 Å². The van der Waals surface area contributed by atoms with Crippen LogP contribution in [0.3, 0.4) is 0 Å². The van der Waals surface area contributed by atoms with Crippen molar-refractivity contribution < 1.29 is 22.4 Å². The van der Waals surface area contributed by atoms with Gasteiger partial charge in [-0.1, -0.05) is 30.3 Å². The summed E-state index contributed by atoms with van der Waals surface area (Å²) in [6.07, 6.45) is 1.43. The normalized spacial score (nSPS) is 16.2. The van der Waals surface area contributed by atoms with Gasteiger partial charge in [0.1, 0.15) is 5.82 Å². The summed E-state index contributed by atoms with van der Waals surface area (Å²) in [5.74, 6) is -0.753. The number of piperidine rings is 1. The van der Waals surface area contributed by atoms with E-state index in [1.165, 1.54) is 36.7 Å². The van der Waals surface area contributed by atoms with Gasteiger partial charge in [-0.2, -0.15) is 13.2 Å². The fraction of sp³-hybridized carbons (Fsp3) is 0.320. The lowest BCUT2D eigenvalue weighted by Crippen LogP contribution is -2.41. The summed E-state index contributed by atoms with van der Waals surface area (Å²) >= 11 is 0. The second-order valence-electron chi connectivity index (χ2n) is 8.37. The molecule has 3 aromatic rings. The first-order valence-corrected chi connectivity index (χ1v) is 11.0. The predicted molar refractivity (Wildman–Crippen MR) is 118 cm³/mol. The van der Waals surface area contributed by atoms with Crippen LogP contribution in [0.2, 0.25) is 0 Å². The average molecular weight is 472 g/mol. The summed E-state index contributed by atoms with van der Waals surface area (Å²) in [5, 5.41) is 3.02. The van der Waals surface area contributed by atoms with Crippen LogP contribution < -0.4 is 5.32 Å². The van der Waals surface area contributed by atoms with Gasteiger partial charge in [0.2, 0.25) is 5.91 Å². The van der Waals surface area contributed by atoms with Crippen molar-refractivity contribution in [2.45, 2.75) is 31.6 Å². The highest BCUT2D eigenvalue weighted by molar-refractivity contribution is 5.79. The van der Waals surface area contributed by atoms with Crippen molar-refractivity contribution in [1.29, 1.82) is 0 Å². The lowest BCUT2D eigenvalue weighted by atomic mass is 9.94. The first-order chi connectivity index (χ1) is 16.3. The van der Waals surface area contributed by atoms with Crippen molar-refractivity contribution in [3.05, 3.63) is 95.3 Å². The monoisotopic (exact) mass is 472 g/mol. The predicted octanol–water partition coefficient (Wildman–Crippen LogP) is 4.75. The molecule has 34 heavy (non-hydrogen) atoms. The Morgan fingerprint density at radius 1 is 1.09 bits per heavy atom. The van der Waals surface area contributed by atoms with E-state index in [4.69, 9.17) is 0 Å². The standard InChI is InChI=1S/C25H24F4N4O/c26-21-6-4-18(5-7-21)23(22-15-30-10-11-31-22)32-24(34)19-8-12-33(13-9-19)16-17-2-1-3-20(14-17)25(27,28)29/h1-7,10-11,14-15,19,23H,8-9,12-13,16H2,(H,32,34). The molecular formula is C25H24F4N4O. The van der Waals surface area contributed by atoms with Crippen LogP contribution >= 0.6 is 0 Å². The number of hydrogen-bond acceptors (Lipinski definition) is 4. The molecular weight excluding hydrogens is 448 g/mol. The number of benzene rings is 2. The van der Waals surface area contributed by atoms with E-state index < -0.39 is 17.8 Å². The Balaban J connectivity index is 1.38. The summed E-state index contributed by atoms with van der Waals surface area (Å²) in [6, 6.07) is 10.6. The Kier molecular flexibility index (Phi) is 7.21. The van der Waals surface area contributed by atoms with E-state index in [2.05, 4.69) is 20.2 Å². The molecule has 5 nitrogen and oxygen atoms in total. The Bertz CT molecular complexity index is 1100. The molecule has 0 radical (unpaired) electrons. The van der Waals surface area contributed by atoms with Crippen molar-refractivity contribution in [2.24, 2.45) is 5.92 Å². The molecule has 1 atom stereocenters. The molecule has 0 spiro atoms. The molecule has 4 rings (SSSR count). The number of alkyl halides is 3. The number of nitrogens with zero attached hydrogens (tertiary/aromatic N) is 3. The zero-order valence-corrected chi connectivity index (χ0v) is 18.3. The Morgan fingerprint density at radius 3 is 2.47 bits per heavy atom. The van der Waals surface area contributed by atoms with Gasteiger partial charge in [0.25, 0.3) is 0 Å². The molecule has 0 aliphatic carbocycles. The van der Waals surface area contributed by atoms with Gasteiger partial charge < -0.3 is 5.32 Å². The number of carbonyl (C=O) groups excluding carboxylic acids is 1. The number of carbonyl (C=O) groups is 1. The van der Waals surface area contributed by atoms with Crippen molar-refractivity contribution in [3.63, 3.8) is 0 Å². The lowest BCUT2D eigenvalue weighted by molar-refractivity contribution is -0.137. The second kappa shape index (κ2) is 10.3. The highest BCUT2D eigenvalue weighted by Gasteiger charge is 2.31. The topological polar surface area (TPSA) is 58.1 Å². The lowest BCUT2D eigenvalue weighted by Gasteiger charge is -2.32. The smallest absolute Gasteiger partial charge is 0.343 e. The number of rotatable bonds is 6. The number of likely N-dealkylation sites (tertiary alicyclic amines) is 1. The van der Waals surface area contributed by atoms with Crippen LogP contribution in [-0.2, 0) is 17.5 Å². The maximum absolute atomic E-state index is 13.4. The molecule has 2 heterocycles. The van der Waals surface area contributed by atoms with E-state index >= 15 is 0 Å². The molecule has 0 saturated carbocycles. The minimum absolute atomic E-state index is 0.140. The first kappa shape index (κ1) is 23.8. The summed E-state index contributed by atoms with van der Waals surface area (Å²) in [6.45, 7) is 1.59. The van der Waals surface area contributed by atoms with Crippen LogP contribution in [0.4, 0.5) is 17.6 Å². The van der Waals surface area contributed by atoms with E-state index in [1.54, 1.807) is 24.4 Å². The van der Waals surface area contributed by atoms with Crippen molar-refractivity contribution in [2.75, 3.05) is 13.1 Å². The highest BCUT2D eigenvalue weighted by atomic mass is 19.4. The molecule has 1 aromatic heterocycles. The number of aromatic nitrogens is 2. The van der Waals surface area contributed by atoms with E-state index in [0.29, 0.717) is 49.3 Å². The molecule has 1 N–H and O–H groups in total. The highest BCUT2D eigenvalue weighted by Crippen LogP contribution is 2.30. The van der Waals surface area contributed by atoms with Gasteiger partial charge in [0, 0.05) is 24.9 Å². The molecule has 2 aromatic carbocycles. The third kappa shape index (κ3) is 5.96. The number of hydrogen-bond donors (Lipinski definition) is 1. The van der Waals surface area contributed by atoms with E-state index in [1.807, 2.05) is 0 Å². The average Bonchev–Trinajstić information content (AvgIpc) is 2.84. The van der Waals surface area contributed by atoms with Crippen LogP contribution in [0.1, 0.15) is 41.3 Å². The summed E-state index contributed by atoms with van der Waals surface area (Å²) in [5.41, 5.74) is 1.17. The zero-order valence-electron chi connectivity index (χ0n) is 18.3. The van der Waals surface area contributed by atoms with Gasteiger partial charge in [-0.15, -0.1) is 0 Å². The fourth-order valence-corrected chi connectivity index (χ4v) is 4.16. The van der Waals surface area contributed by atoms with Gasteiger partial charge >= 0.3 is 6.18 Å². The molecule has 1 aliphatic heterocycles. The summed E-state index contributed by atoms with van der Waals surface area (Å²) in [7, 11) is 0. The maximum Gasteiger partial charge on any atom is 0.416 e. The Morgan fingerprint density at radius 2 is 1.82 bits per heavy atom. The third-order valence-corrected chi connectivity index (χ3v) is 5.99. The second-order valence-corrected chi connectivity index (χ2v) is 8.37. The van der Waals surface area contributed by atoms with Crippen LogP contribution in [-0.4, -0.2) is 33.9 Å². The maximum atomic E-state index is 13.4. The largest absolute Gasteiger partial charge is 0.416 e. The number of nitrogens with one attached hydrogen (secondary N) is 1. The molecule has 1 fully saturated rings. The van der Waals surface area contributed by atoms with Crippen LogP contribution in [0.25, 0.3) is 0 Å². The number of amides is 1. The van der Waals surface area contributed by atoms with E-state index in [0.717, 1.165) is 6.07 Å². The molecule has 1 aliphatic rings. The Labute approximate surface area is 194 Å². The van der Waals surface area contributed by atoms with Gasteiger partial charge in [0.15, 0.2) is 0 Å². The SMILES string of the molecule is O=C(NC(c1ccc(F)cc1)c1cnccn1)C1CCN(Cc2cccc(C(F)(F)F)c2)CC1. The van der Waals surface area contributed by atoms with Crippen molar-refractivity contribution in [3.8, 4) is 0 Å². The van der Waals surface area contributed by atoms with Gasteiger partial charge in [0.05, 0.1) is 23.5 Å². The van der Waals surface area contributed by atoms with Gasteiger partial charge in [-0.05, 0) is 55.3 Å². The molecule has 1 unspecified atom stereocenters. The number of halogens is 4. The molecule has 1 saturated heterocycles. The van der Waals surface area contributed by atoms with Crippen molar-refractivity contribution >= 4 is 5.91 Å². The molecule has 9 heteroatoms. The van der Waals surface area contributed by atoms with Crippen LogP contribution in [0.15, 0.2) is 67.1 Å². The van der Waals surface area contributed by atoms with Crippen molar-refractivity contribution in [1.82, 2.24) is 20.2 Å². The fourth-order valence-electron chi connectivity index (χ4n) is 4.16. The third-order valence-electron chi connectivity index (χ3n) is 5.99.